The zero-order valence-electron chi connectivity index (χ0n) is 20.3. The Morgan fingerprint density at radius 3 is 1.79 bits per heavy atom. The zero-order valence-corrected chi connectivity index (χ0v) is 20.3. The summed E-state index contributed by atoms with van der Waals surface area (Å²) in [5, 5.41) is 12.1. The van der Waals surface area contributed by atoms with Gasteiger partial charge in [-0.15, -0.1) is 0 Å². The Kier molecular flexibility index (Phi) is 8.01. The van der Waals surface area contributed by atoms with Crippen molar-refractivity contribution >= 4 is 0 Å². The standard InChI is InChI=1S/C31H39NO/c1-25(2)26-18-20-29(21-19-26)31(33,32-23-10-5-11-24-32)22-12-17-30(27-13-6-3-7-14-27)28-15-8-4-9-16-28/h3-4,6-9,13-16,18-21,25,30,33H,5,10-12,17,22-24H2,1-2H3. The predicted molar refractivity (Wildman–Crippen MR) is 138 cm³/mol. The van der Waals surface area contributed by atoms with Gasteiger partial charge in [-0.1, -0.05) is 105 Å². The van der Waals surface area contributed by atoms with E-state index in [1.54, 1.807) is 0 Å². The van der Waals surface area contributed by atoms with Gasteiger partial charge in [0.25, 0.3) is 0 Å². The Bertz CT molecular complexity index is 921. The Balaban J connectivity index is 1.55. The summed E-state index contributed by atoms with van der Waals surface area (Å²) in [6.07, 6.45) is 6.35. The minimum Gasteiger partial charge on any atom is -0.371 e. The van der Waals surface area contributed by atoms with Crippen molar-refractivity contribution in [3.63, 3.8) is 0 Å². The first kappa shape index (κ1) is 23.7. The first-order valence-corrected chi connectivity index (χ1v) is 12.8. The molecule has 0 aromatic heterocycles. The monoisotopic (exact) mass is 441 g/mol. The molecule has 1 aliphatic heterocycles. The van der Waals surface area contributed by atoms with E-state index in [9.17, 15) is 5.11 Å². The molecule has 1 aliphatic rings. The minimum absolute atomic E-state index is 0.348. The molecule has 174 valence electrons. The fraction of sp³-hybridized carbons (Fsp3) is 0.419. The van der Waals surface area contributed by atoms with Crippen LogP contribution in [0, 0.1) is 0 Å². The SMILES string of the molecule is CC(C)c1ccc(C(O)(CCCC(c2ccccc2)c2ccccc2)N2CCCCC2)cc1. The molecule has 0 amide bonds. The van der Waals surface area contributed by atoms with Gasteiger partial charge in [-0.3, -0.25) is 4.90 Å². The third kappa shape index (κ3) is 5.75. The first-order valence-electron chi connectivity index (χ1n) is 12.8. The number of likely N-dealkylation sites (tertiary alicyclic amines) is 1. The predicted octanol–water partition coefficient (Wildman–Crippen LogP) is 7.44. The maximum atomic E-state index is 12.1. The van der Waals surface area contributed by atoms with Crippen molar-refractivity contribution in [2.75, 3.05) is 13.1 Å². The Labute approximate surface area is 200 Å². The Morgan fingerprint density at radius 1 is 0.727 bits per heavy atom. The summed E-state index contributed by atoms with van der Waals surface area (Å²) < 4.78 is 0. The van der Waals surface area contributed by atoms with Crippen LogP contribution in [0.4, 0.5) is 0 Å². The smallest absolute Gasteiger partial charge is 0.144 e. The van der Waals surface area contributed by atoms with Gasteiger partial charge < -0.3 is 5.11 Å². The van der Waals surface area contributed by atoms with Crippen LogP contribution in [0.5, 0.6) is 0 Å². The van der Waals surface area contributed by atoms with Crippen molar-refractivity contribution in [3.8, 4) is 0 Å². The van der Waals surface area contributed by atoms with E-state index in [1.165, 1.54) is 36.0 Å². The van der Waals surface area contributed by atoms with Crippen LogP contribution >= 0.6 is 0 Å². The molecule has 1 saturated heterocycles. The van der Waals surface area contributed by atoms with E-state index in [2.05, 4.69) is 104 Å². The molecule has 1 unspecified atom stereocenters. The van der Waals surface area contributed by atoms with Crippen molar-refractivity contribution in [3.05, 3.63) is 107 Å². The number of hydrogen-bond donors (Lipinski definition) is 1. The van der Waals surface area contributed by atoms with Gasteiger partial charge in [0.2, 0.25) is 0 Å². The van der Waals surface area contributed by atoms with Crippen LogP contribution in [0.15, 0.2) is 84.9 Å². The van der Waals surface area contributed by atoms with Crippen LogP contribution in [-0.4, -0.2) is 23.1 Å². The summed E-state index contributed by atoms with van der Waals surface area (Å²) in [6, 6.07) is 30.4. The van der Waals surface area contributed by atoms with E-state index in [0.717, 1.165) is 37.9 Å². The average molecular weight is 442 g/mol. The van der Waals surface area contributed by atoms with E-state index in [-0.39, 0.29) is 0 Å². The highest BCUT2D eigenvalue weighted by Crippen LogP contribution is 2.37. The fourth-order valence-electron chi connectivity index (χ4n) is 5.33. The second kappa shape index (κ2) is 11.1. The van der Waals surface area contributed by atoms with Gasteiger partial charge in [-0.05, 0) is 60.3 Å². The van der Waals surface area contributed by atoms with Gasteiger partial charge in [0.05, 0.1) is 0 Å². The van der Waals surface area contributed by atoms with Gasteiger partial charge in [-0.2, -0.15) is 0 Å². The average Bonchev–Trinajstić information content (AvgIpc) is 2.88. The van der Waals surface area contributed by atoms with Gasteiger partial charge in [0.1, 0.15) is 5.72 Å². The molecule has 1 heterocycles. The molecule has 0 radical (unpaired) electrons. The van der Waals surface area contributed by atoms with E-state index < -0.39 is 5.72 Å². The Morgan fingerprint density at radius 2 is 1.27 bits per heavy atom. The van der Waals surface area contributed by atoms with Crippen molar-refractivity contribution in [2.45, 2.75) is 69.9 Å². The first-order chi connectivity index (χ1) is 16.1. The van der Waals surface area contributed by atoms with E-state index in [4.69, 9.17) is 0 Å². The fourth-order valence-corrected chi connectivity index (χ4v) is 5.33. The second-order valence-corrected chi connectivity index (χ2v) is 9.91. The van der Waals surface area contributed by atoms with Crippen molar-refractivity contribution in [1.29, 1.82) is 0 Å². The highest BCUT2D eigenvalue weighted by molar-refractivity contribution is 5.32. The minimum atomic E-state index is -0.895. The molecule has 0 bridgehead atoms. The number of piperidine rings is 1. The molecule has 0 saturated carbocycles. The largest absolute Gasteiger partial charge is 0.371 e. The quantitative estimate of drug-likeness (QED) is 0.373. The van der Waals surface area contributed by atoms with Gasteiger partial charge in [0.15, 0.2) is 0 Å². The van der Waals surface area contributed by atoms with Crippen molar-refractivity contribution in [1.82, 2.24) is 4.90 Å². The van der Waals surface area contributed by atoms with Gasteiger partial charge >= 0.3 is 0 Å². The van der Waals surface area contributed by atoms with Crippen LogP contribution in [0.3, 0.4) is 0 Å². The summed E-state index contributed by atoms with van der Waals surface area (Å²) in [5.74, 6) is 0.848. The lowest BCUT2D eigenvalue weighted by Gasteiger charge is -2.43. The molecule has 3 aromatic carbocycles. The van der Waals surface area contributed by atoms with Crippen LogP contribution in [0.25, 0.3) is 0 Å². The normalized spacial score (nSPS) is 16.8. The van der Waals surface area contributed by atoms with Gasteiger partial charge in [0, 0.05) is 19.0 Å². The highest BCUT2D eigenvalue weighted by Gasteiger charge is 2.36. The molecule has 0 aliphatic carbocycles. The molecular formula is C31H39NO. The lowest BCUT2D eigenvalue weighted by atomic mass is 9.84. The summed E-state index contributed by atoms with van der Waals surface area (Å²) in [6.45, 7) is 6.39. The van der Waals surface area contributed by atoms with Crippen molar-refractivity contribution in [2.24, 2.45) is 0 Å². The van der Waals surface area contributed by atoms with Gasteiger partial charge in [-0.25, -0.2) is 0 Å². The molecule has 33 heavy (non-hydrogen) atoms. The zero-order chi connectivity index (χ0) is 23.1. The number of hydrogen-bond acceptors (Lipinski definition) is 2. The molecule has 2 nitrogen and oxygen atoms in total. The third-order valence-electron chi connectivity index (χ3n) is 7.34. The molecule has 4 rings (SSSR count). The molecule has 0 spiro atoms. The van der Waals surface area contributed by atoms with Crippen LogP contribution < -0.4 is 0 Å². The van der Waals surface area contributed by atoms with E-state index in [0.29, 0.717) is 11.8 Å². The van der Waals surface area contributed by atoms with Crippen LogP contribution in [0.1, 0.15) is 86.5 Å². The third-order valence-corrected chi connectivity index (χ3v) is 7.34. The second-order valence-electron chi connectivity index (χ2n) is 9.91. The molecule has 1 fully saturated rings. The summed E-state index contributed by atoms with van der Waals surface area (Å²) in [5.41, 5.74) is 4.18. The molecule has 2 heteroatoms. The summed E-state index contributed by atoms with van der Waals surface area (Å²) in [7, 11) is 0. The molecular weight excluding hydrogens is 402 g/mol. The maximum Gasteiger partial charge on any atom is 0.144 e. The summed E-state index contributed by atoms with van der Waals surface area (Å²) in [4.78, 5) is 2.33. The lowest BCUT2D eigenvalue weighted by Crippen LogP contribution is -2.48. The number of rotatable bonds is 9. The Hall–Kier alpha value is -2.42. The number of nitrogens with zero attached hydrogens (tertiary/aromatic N) is 1. The lowest BCUT2D eigenvalue weighted by molar-refractivity contribution is -0.131. The van der Waals surface area contributed by atoms with E-state index >= 15 is 0 Å². The van der Waals surface area contributed by atoms with Crippen molar-refractivity contribution < 1.29 is 5.11 Å². The highest BCUT2D eigenvalue weighted by atomic mass is 16.3. The number of aliphatic hydroxyl groups is 1. The number of benzene rings is 3. The maximum absolute atomic E-state index is 12.1. The summed E-state index contributed by atoms with van der Waals surface area (Å²) >= 11 is 0. The molecule has 3 aromatic rings. The molecule has 1 atom stereocenters. The topological polar surface area (TPSA) is 23.5 Å². The van der Waals surface area contributed by atoms with Crippen LogP contribution in [0.2, 0.25) is 0 Å². The van der Waals surface area contributed by atoms with E-state index in [1.807, 2.05) is 0 Å². The van der Waals surface area contributed by atoms with Crippen LogP contribution in [-0.2, 0) is 5.72 Å². The molecule has 1 N–H and O–H groups in total.